The SMILES string of the molecule is C.Cl.NC1CCC(=O)NC1=O.O=C1CCC(N2C(=O)c3cccc(Br)c3C2=O)C(=O)N1.O=C1OC(=O)c2c(Br)cccc21.S=S=S=S=S=S=S=S=S=S=S=S=S=S=S=S=S=S=S=S=S=S=S=S=S=S=S=S=S=S. The summed E-state index contributed by atoms with van der Waals surface area (Å²) in [5.74, 6) is -3.73. The van der Waals surface area contributed by atoms with Gasteiger partial charge in [0, 0.05) is 293 Å². The Labute approximate surface area is 529 Å². The number of nitrogens with one attached hydrogen (secondary N) is 2. The maximum absolute atomic E-state index is 12.4. The monoisotopic (exact) mass is 1700 g/mol. The van der Waals surface area contributed by atoms with Gasteiger partial charge in [-0.15, -0.1) is 12.4 Å². The van der Waals surface area contributed by atoms with Gasteiger partial charge < -0.3 is 10.5 Å². The van der Waals surface area contributed by atoms with Crippen LogP contribution in [0.4, 0.5) is 0 Å². The van der Waals surface area contributed by atoms with Crippen LogP contribution in [0.1, 0.15) is 74.5 Å². The number of rotatable bonds is 1. The maximum atomic E-state index is 12.4. The van der Waals surface area contributed by atoms with E-state index in [2.05, 4.69) is 47.2 Å². The molecule has 4 aliphatic rings. The highest BCUT2D eigenvalue weighted by atomic mass is 79.9. The summed E-state index contributed by atoms with van der Waals surface area (Å²) in [7, 11) is 49.1. The second-order valence-electron chi connectivity index (χ2n) is 10.9. The fourth-order valence-electron chi connectivity index (χ4n) is 4.57. The van der Waals surface area contributed by atoms with Crippen LogP contribution in [0.15, 0.2) is 45.3 Å². The van der Waals surface area contributed by atoms with E-state index in [0.29, 0.717) is 32.9 Å². The van der Waals surface area contributed by atoms with Crippen molar-refractivity contribution in [1.29, 1.82) is 0 Å². The standard InChI is InChI=1S/C13H9BrN2O4.C8H3BrO3.C5H8N2O2.CH4.ClH.S30/c14-7-3-1-2-6-10(7)13(20)16(12(6)19)8-4-5-9(17)15-11(8)18;9-5-3-1-2-4-6(5)8(11)12-7(4)10;6-3-1-2-4(8)7-5(3)9;;;1-3-5-7-9-11-13-15-17-19-21-23-25-27-29-30-28-26-24-22-20-18-16-14-12-10-8-6-4-2/h1-3,8H,4-5H2,(H,15,17,18);1-3H;3H,1-2,6H2,(H,7,8,9);1H4;1H;. The van der Waals surface area contributed by atoms with Gasteiger partial charge >= 0.3 is 11.9 Å². The van der Waals surface area contributed by atoms with Crippen molar-refractivity contribution in [1.82, 2.24) is 15.5 Å². The normalized spacial score (nSPS) is 15.0. The fourth-order valence-corrected chi connectivity index (χ4v) is 77.0. The fraction of sp³-hybridized carbons (Fsp3) is 0.259. The lowest BCUT2D eigenvalue weighted by Gasteiger charge is -2.27. The molecule has 4 N–H and O–H groups in total. The summed E-state index contributed by atoms with van der Waals surface area (Å²) >= 11 is 16.0. The van der Waals surface area contributed by atoms with Crippen LogP contribution < -0.4 is 16.4 Å². The van der Waals surface area contributed by atoms with E-state index in [4.69, 9.17) is 28.1 Å². The highest BCUT2D eigenvalue weighted by Crippen LogP contribution is 2.32. The number of carbonyl (C=O) groups is 8. The van der Waals surface area contributed by atoms with Gasteiger partial charge in [0.15, 0.2) is 0 Å². The maximum Gasteiger partial charge on any atom is 0.348 e. The summed E-state index contributed by atoms with van der Waals surface area (Å²) in [6.07, 6.45) is 1.12. The average molecular weight is 1710 g/mol. The zero-order chi connectivity index (χ0) is 51.8. The van der Waals surface area contributed by atoms with Crippen molar-refractivity contribution in [2.24, 2.45) is 5.73 Å². The molecule has 0 aliphatic carbocycles. The van der Waals surface area contributed by atoms with Crippen LogP contribution in [-0.2, 0) is 295 Å². The van der Waals surface area contributed by atoms with Crippen LogP contribution in [0.2, 0.25) is 0 Å². The highest BCUT2D eigenvalue weighted by Gasteiger charge is 2.45. The largest absolute Gasteiger partial charge is 0.386 e. The molecule has 6 amide bonds. The molecule has 0 bridgehead atoms. The van der Waals surface area contributed by atoms with Crippen molar-refractivity contribution in [3.05, 3.63) is 67.6 Å². The Morgan fingerprint density at radius 1 is 0.493 bits per heavy atom. The van der Waals surface area contributed by atoms with Crippen molar-refractivity contribution >= 4 is 363 Å². The molecule has 73 heavy (non-hydrogen) atoms. The van der Waals surface area contributed by atoms with Crippen molar-refractivity contribution in [3.8, 4) is 0 Å². The minimum absolute atomic E-state index is 0. The Balaban J connectivity index is 0.000000527. The minimum atomic E-state index is -0.924. The number of esters is 2. The van der Waals surface area contributed by atoms with Crippen LogP contribution >= 0.6 is 44.3 Å². The first kappa shape index (κ1) is 73.8. The lowest BCUT2D eigenvalue weighted by atomic mass is 10.0. The second kappa shape index (κ2) is 45.3. The number of cyclic esters (lactones) is 2. The molecule has 6 rings (SSSR count). The van der Waals surface area contributed by atoms with E-state index in [1.165, 1.54) is 17.8 Å². The Morgan fingerprint density at radius 3 is 1.19 bits per heavy atom. The van der Waals surface area contributed by atoms with Crippen LogP contribution in [-0.4, -0.2) is 64.4 Å². The Hall–Kier alpha value is 2.81. The van der Waals surface area contributed by atoms with Crippen molar-refractivity contribution in [2.45, 2.75) is 45.2 Å². The lowest BCUT2D eigenvalue weighted by Crippen LogP contribution is -2.54. The molecule has 4 aliphatic heterocycles. The number of fused-ring (bicyclic) bond motifs is 2. The number of nitrogens with zero attached hydrogens (tertiary/aromatic N) is 1. The summed E-state index contributed by atoms with van der Waals surface area (Å²) in [6.45, 7) is 0. The van der Waals surface area contributed by atoms with Crippen molar-refractivity contribution < 1.29 is 43.1 Å². The first-order valence-electron chi connectivity index (χ1n) is 16.9. The predicted molar refractivity (Wildman–Crippen MR) is 380 cm³/mol. The molecule has 2 unspecified atom stereocenters. The third-order valence-electron chi connectivity index (χ3n) is 7.07. The van der Waals surface area contributed by atoms with Crippen molar-refractivity contribution in [3.63, 3.8) is 0 Å². The van der Waals surface area contributed by atoms with Gasteiger partial charge in [-0.3, -0.25) is 44.3 Å². The van der Waals surface area contributed by atoms with Crippen LogP contribution in [0.3, 0.4) is 0 Å². The molecule has 0 radical (unpaired) electrons. The molecular formula is C27H25Br2ClN4O9S30. The summed E-state index contributed by atoms with van der Waals surface area (Å²) in [5.41, 5.74) is 6.46. The Kier molecular flexibility index (Phi) is 45.9. The van der Waals surface area contributed by atoms with E-state index in [1.54, 1.807) is 161 Å². The lowest BCUT2D eigenvalue weighted by molar-refractivity contribution is -0.137. The average Bonchev–Trinajstić information content (AvgIpc) is 3.79. The number of carbonyl (C=O) groups excluding carboxylic acids is 8. The summed E-state index contributed by atoms with van der Waals surface area (Å²) in [5, 5.41) is 4.28. The van der Waals surface area contributed by atoms with Gasteiger partial charge in [0.25, 0.3) is 11.8 Å². The second-order valence-corrected chi connectivity index (χ2v) is 62.2. The number of hydrogen-bond acceptors (Lipinski definition) is 12. The molecule has 2 atom stereocenters. The molecule has 13 nitrogen and oxygen atoms in total. The molecule has 408 valence electrons. The Morgan fingerprint density at radius 2 is 0.849 bits per heavy atom. The molecule has 2 fully saturated rings. The molecular weight excluding hydrogens is 1680 g/mol. The first-order chi connectivity index (χ1) is 34.3. The smallest absolute Gasteiger partial charge is 0.348 e. The van der Waals surface area contributed by atoms with E-state index in [-0.39, 0.29) is 61.5 Å². The summed E-state index contributed by atoms with van der Waals surface area (Å²) in [6, 6.07) is 8.40. The topological polar surface area (TPSA) is 199 Å². The molecule has 2 saturated heterocycles. The number of imide groups is 3. The Bertz CT molecular complexity index is 3770. The van der Waals surface area contributed by atoms with Crippen molar-refractivity contribution in [2.75, 3.05) is 0 Å². The molecule has 0 saturated carbocycles. The van der Waals surface area contributed by atoms with Gasteiger partial charge in [0.1, 0.15) is 6.04 Å². The quantitative estimate of drug-likeness (QED) is 0.215. The molecule has 2 aromatic carbocycles. The number of hydrogen-bond donors (Lipinski definition) is 3. The molecule has 46 heteroatoms. The van der Waals surface area contributed by atoms with E-state index >= 15 is 0 Å². The predicted octanol–water partition coefficient (Wildman–Crippen LogP) is 2.35. The van der Waals surface area contributed by atoms with Gasteiger partial charge in [-0.05, 0) is 69.0 Å². The van der Waals surface area contributed by atoms with E-state index in [1.807, 2.05) is 107 Å². The third-order valence-corrected chi connectivity index (χ3v) is 68.4. The van der Waals surface area contributed by atoms with Gasteiger partial charge in [0.2, 0.25) is 23.6 Å². The van der Waals surface area contributed by atoms with E-state index < -0.39 is 41.7 Å². The van der Waals surface area contributed by atoms with E-state index in [0.717, 1.165) is 4.90 Å². The zero-order valence-corrected chi connectivity index (χ0v) is 62.0. The number of piperidine rings is 2. The van der Waals surface area contributed by atoms with Crippen LogP contribution in [0.5, 0.6) is 0 Å². The van der Waals surface area contributed by atoms with E-state index in [9.17, 15) is 38.4 Å². The van der Waals surface area contributed by atoms with Gasteiger partial charge in [-0.2, -0.15) is 0 Å². The number of amides is 6. The molecule has 0 spiro atoms. The first-order valence-corrected chi connectivity index (χ1v) is 57.1. The van der Waals surface area contributed by atoms with Crippen LogP contribution in [0, 0.1) is 0 Å². The number of nitrogens with two attached hydrogens (primary N) is 1. The summed E-state index contributed by atoms with van der Waals surface area (Å²) in [4.78, 5) is 91.5. The molecule has 4 heterocycles. The molecule has 0 aromatic heterocycles. The van der Waals surface area contributed by atoms with Gasteiger partial charge in [0.05, 0.1) is 28.3 Å². The zero-order valence-electron chi connectivity index (χ0n) is 33.6. The third kappa shape index (κ3) is 29.6. The number of halogens is 3. The summed E-state index contributed by atoms with van der Waals surface area (Å²) < 4.78 is 5.51. The number of ether oxygens (including phenoxy) is 1. The highest BCUT2D eigenvalue weighted by molar-refractivity contribution is 9.11. The molecule has 2 aromatic rings. The number of benzene rings is 2. The minimum Gasteiger partial charge on any atom is -0.386 e. The van der Waals surface area contributed by atoms with Gasteiger partial charge in [-0.1, -0.05) is 19.6 Å². The van der Waals surface area contributed by atoms with Gasteiger partial charge in [-0.25, -0.2) is 9.59 Å². The van der Waals surface area contributed by atoms with Crippen LogP contribution in [0.25, 0.3) is 0 Å².